The summed E-state index contributed by atoms with van der Waals surface area (Å²) in [7, 11) is 0. The van der Waals surface area contributed by atoms with Crippen LogP contribution in [0.4, 0.5) is 4.39 Å². The molecule has 0 fully saturated rings. The van der Waals surface area contributed by atoms with Gasteiger partial charge in [0.2, 0.25) is 0 Å². The Kier molecular flexibility index (Phi) is 5.01. The van der Waals surface area contributed by atoms with Crippen LogP contribution in [0, 0.1) is 5.82 Å². The number of rotatable bonds is 3. The van der Waals surface area contributed by atoms with Crippen molar-refractivity contribution in [3.05, 3.63) is 55.7 Å². The summed E-state index contributed by atoms with van der Waals surface area (Å²) in [5.74, 6) is 0.267. The van der Waals surface area contributed by atoms with Gasteiger partial charge >= 0.3 is 0 Å². The zero-order valence-electron chi connectivity index (χ0n) is 9.79. The Hall–Kier alpha value is -0.690. The van der Waals surface area contributed by atoms with Crippen molar-refractivity contribution in [2.24, 2.45) is 5.73 Å². The van der Waals surface area contributed by atoms with E-state index in [1.165, 1.54) is 12.1 Å². The van der Waals surface area contributed by atoms with Crippen molar-refractivity contribution in [1.82, 2.24) is 0 Å². The molecule has 2 aromatic carbocycles. The van der Waals surface area contributed by atoms with E-state index in [4.69, 9.17) is 34.3 Å². The van der Waals surface area contributed by atoms with Crippen LogP contribution in [0.5, 0.6) is 11.5 Å². The second-order valence-electron chi connectivity index (χ2n) is 3.81. The number of nitrogens with two attached hydrogens (primary N) is 1. The van der Waals surface area contributed by atoms with Crippen molar-refractivity contribution in [2.45, 2.75) is 0 Å². The summed E-state index contributed by atoms with van der Waals surface area (Å²) >= 11 is 17.2. The van der Waals surface area contributed by atoms with Crippen LogP contribution in [0.2, 0.25) is 5.02 Å². The van der Waals surface area contributed by atoms with E-state index in [2.05, 4.69) is 31.9 Å². The summed E-state index contributed by atoms with van der Waals surface area (Å²) in [5.41, 5.74) is 6.25. The van der Waals surface area contributed by atoms with Crippen LogP contribution >= 0.6 is 55.7 Å². The summed E-state index contributed by atoms with van der Waals surface area (Å²) in [6, 6.07) is 7.79. The molecule has 0 aromatic heterocycles. The third-order valence-electron chi connectivity index (χ3n) is 2.41. The van der Waals surface area contributed by atoms with Gasteiger partial charge in [-0.25, -0.2) is 4.39 Å². The van der Waals surface area contributed by atoms with Crippen LogP contribution in [-0.4, -0.2) is 4.99 Å². The quantitative estimate of drug-likeness (QED) is 0.512. The van der Waals surface area contributed by atoms with Gasteiger partial charge in [-0.15, -0.1) is 0 Å². The highest BCUT2D eigenvalue weighted by Gasteiger charge is 2.11. The normalized spacial score (nSPS) is 10.4. The molecule has 7 heteroatoms. The first-order valence-electron chi connectivity index (χ1n) is 5.30. The Bertz CT molecular complexity index is 696. The van der Waals surface area contributed by atoms with E-state index in [9.17, 15) is 4.39 Å². The molecule has 0 saturated carbocycles. The maximum Gasteiger partial charge on any atom is 0.145 e. The summed E-state index contributed by atoms with van der Waals surface area (Å²) in [4.78, 5) is 0.288. The molecule has 2 N–H and O–H groups in total. The minimum Gasteiger partial charge on any atom is -0.455 e. The van der Waals surface area contributed by atoms with E-state index in [-0.39, 0.29) is 10.0 Å². The molecule has 0 atom stereocenters. The summed E-state index contributed by atoms with van der Waals surface area (Å²) in [5, 5.41) is 0.0205. The molecular formula is C13H7Br2ClFNOS. The largest absolute Gasteiger partial charge is 0.455 e. The molecule has 0 unspecified atom stereocenters. The molecule has 0 radical (unpaired) electrons. The topological polar surface area (TPSA) is 35.2 Å². The van der Waals surface area contributed by atoms with Crippen molar-refractivity contribution in [1.29, 1.82) is 0 Å². The van der Waals surface area contributed by atoms with Gasteiger partial charge in [0.05, 0.1) is 14.0 Å². The molecule has 2 nitrogen and oxygen atoms in total. The third-order valence-corrected chi connectivity index (χ3v) is 4.18. The fraction of sp³-hybridized carbons (Fsp3) is 0. The van der Waals surface area contributed by atoms with Crippen molar-refractivity contribution in [3.63, 3.8) is 0 Å². The molecule has 0 heterocycles. The number of halogens is 4. The van der Waals surface area contributed by atoms with Crippen LogP contribution in [-0.2, 0) is 0 Å². The van der Waals surface area contributed by atoms with Gasteiger partial charge in [0.1, 0.15) is 22.3 Å². The Morgan fingerprint density at radius 3 is 2.40 bits per heavy atom. The summed E-state index contributed by atoms with van der Waals surface area (Å²) in [6.07, 6.45) is 0. The van der Waals surface area contributed by atoms with Crippen LogP contribution in [0.25, 0.3) is 0 Å². The van der Waals surface area contributed by atoms with E-state index in [1.54, 1.807) is 18.2 Å². The summed E-state index contributed by atoms with van der Waals surface area (Å²) in [6.45, 7) is 0. The standard InChI is InChI=1S/C13H7Br2ClFNOS/c14-7-3-6(13(18)20)1-2-11(7)19-12-5-10(17)9(16)4-8(12)15/h1-5H,(H2,18,20). The molecular weight excluding hydrogens is 432 g/mol. The zero-order valence-corrected chi connectivity index (χ0v) is 14.5. The highest BCUT2D eigenvalue weighted by atomic mass is 79.9. The number of ether oxygens (including phenoxy) is 1. The Morgan fingerprint density at radius 2 is 1.80 bits per heavy atom. The van der Waals surface area contributed by atoms with Crippen LogP contribution < -0.4 is 10.5 Å². The van der Waals surface area contributed by atoms with Crippen LogP contribution in [0.3, 0.4) is 0 Å². The lowest BCUT2D eigenvalue weighted by molar-refractivity contribution is 0.471. The monoisotopic (exact) mass is 437 g/mol. The van der Waals surface area contributed by atoms with Gasteiger partial charge in [0.15, 0.2) is 0 Å². The lowest BCUT2D eigenvalue weighted by atomic mass is 10.2. The minimum atomic E-state index is -0.555. The number of hydrogen-bond donors (Lipinski definition) is 1. The highest BCUT2D eigenvalue weighted by Crippen LogP contribution is 2.36. The van der Waals surface area contributed by atoms with Crippen molar-refractivity contribution in [2.75, 3.05) is 0 Å². The minimum absolute atomic E-state index is 0.0205. The molecule has 2 rings (SSSR count). The van der Waals surface area contributed by atoms with E-state index in [0.717, 1.165) is 0 Å². The number of benzene rings is 2. The predicted octanol–water partition coefficient (Wildman–Crippen LogP) is 5.43. The summed E-state index contributed by atoms with van der Waals surface area (Å²) < 4.78 is 20.3. The average Bonchev–Trinajstić information content (AvgIpc) is 2.37. The first-order chi connectivity index (χ1) is 9.38. The fourth-order valence-electron chi connectivity index (χ4n) is 1.44. The van der Waals surface area contributed by atoms with Crippen molar-refractivity contribution >= 4 is 60.7 Å². The van der Waals surface area contributed by atoms with Gasteiger partial charge in [-0.05, 0) is 56.1 Å². The number of thiocarbonyl (C=S) groups is 1. The van der Waals surface area contributed by atoms with E-state index >= 15 is 0 Å². The van der Waals surface area contributed by atoms with Gasteiger partial charge in [0, 0.05) is 11.6 Å². The fourth-order valence-corrected chi connectivity index (χ4v) is 2.74. The van der Waals surface area contributed by atoms with Crippen molar-refractivity contribution in [3.8, 4) is 11.5 Å². The van der Waals surface area contributed by atoms with Gasteiger partial charge in [-0.1, -0.05) is 23.8 Å². The van der Waals surface area contributed by atoms with E-state index in [0.29, 0.717) is 26.0 Å². The third kappa shape index (κ3) is 3.49. The predicted molar refractivity (Wildman–Crippen MR) is 89.2 cm³/mol. The first kappa shape index (κ1) is 15.7. The maximum atomic E-state index is 13.5. The molecule has 20 heavy (non-hydrogen) atoms. The molecule has 0 amide bonds. The number of hydrogen-bond acceptors (Lipinski definition) is 2. The SMILES string of the molecule is NC(=S)c1ccc(Oc2cc(F)c(Cl)cc2Br)c(Br)c1. The van der Waals surface area contributed by atoms with Gasteiger partial charge in [-0.3, -0.25) is 0 Å². The smallest absolute Gasteiger partial charge is 0.145 e. The van der Waals surface area contributed by atoms with Crippen molar-refractivity contribution < 1.29 is 9.13 Å². The second kappa shape index (κ2) is 6.39. The maximum absolute atomic E-state index is 13.5. The molecule has 0 spiro atoms. The molecule has 104 valence electrons. The molecule has 2 aromatic rings. The average molecular weight is 440 g/mol. The Balaban J connectivity index is 2.35. The van der Waals surface area contributed by atoms with Gasteiger partial charge in [-0.2, -0.15) is 0 Å². The zero-order chi connectivity index (χ0) is 14.9. The van der Waals surface area contributed by atoms with E-state index < -0.39 is 5.82 Å². The van der Waals surface area contributed by atoms with Gasteiger partial charge in [0.25, 0.3) is 0 Å². The Labute approximate surface area is 142 Å². The lowest BCUT2D eigenvalue weighted by Crippen LogP contribution is -2.09. The molecule has 0 aliphatic heterocycles. The second-order valence-corrected chi connectivity index (χ2v) is 6.36. The molecule has 0 aliphatic rings. The van der Waals surface area contributed by atoms with Crippen LogP contribution in [0.1, 0.15) is 5.56 Å². The molecule has 0 saturated heterocycles. The Morgan fingerprint density at radius 1 is 1.15 bits per heavy atom. The first-order valence-corrected chi connectivity index (χ1v) is 7.67. The highest BCUT2D eigenvalue weighted by molar-refractivity contribution is 9.11. The van der Waals surface area contributed by atoms with Gasteiger partial charge < -0.3 is 10.5 Å². The molecule has 0 aliphatic carbocycles. The van der Waals surface area contributed by atoms with E-state index in [1.807, 2.05) is 0 Å². The van der Waals surface area contributed by atoms with Crippen LogP contribution in [0.15, 0.2) is 39.3 Å². The molecule has 0 bridgehead atoms. The lowest BCUT2D eigenvalue weighted by Gasteiger charge is -2.11.